The molecular formula is C18H30IN3O3S. The van der Waals surface area contributed by atoms with Crippen LogP contribution in [0.1, 0.15) is 31.9 Å². The van der Waals surface area contributed by atoms with E-state index < -0.39 is 14.6 Å². The molecule has 1 heterocycles. The van der Waals surface area contributed by atoms with Gasteiger partial charge in [0.2, 0.25) is 0 Å². The predicted molar refractivity (Wildman–Crippen MR) is 117 cm³/mol. The molecule has 0 saturated carbocycles. The summed E-state index contributed by atoms with van der Waals surface area (Å²) in [6.45, 7) is 9.74. The third-order valence-electron chi connectivity index (χ3n) is 4.56. The van der Waals surface area contributed by atoms with E-state index in [1.165, 1.54) is 0 Å². The predicted octanol–water partition coefficient (Wildman–Crippen LogP) is 2.60. The number of guanidine groups is 1. The van der Waals surface area contributed by atoms with Crippen LogP contribution < -0.4 is 10.1 Å². The van der Waals surface area contributed by atoms with Crippen molar-refractivity contribution in [3.05, 3.63) is 29.3 Å². The summed E-state index contributed by atoms with van der Waals surface area (Å²) in [6.07, 6.45) is 0. The molecule has 1 aromatic carbocycles. The molecule has 1 saturated heterocycles. The fourth-order valence-corrected chi connectivity index (χ4v) is 4.25. The lowest BCUT2D eigenvalue weighted by Crippen LogP contribution is -2.57. The van der Waals surface area contributed by atoms with Crippen molar-refractivity contribution >= 4 is 39.8 Å². The van der Waals surface area contributed by atoms with Crippen LogP contribution in [0.3, 0.4) is 0 Å². The van der Waals surface area contributed by atoms with E-state index in [1.807, 2.05) is 36.9 Å². The highest BCUT2D eigenvalue weighted by molar-refractivity contribution is 14.0. The van der Waals surface area contributed by atoms with Crippen molar-refractivity contribution in [1.82, 2.24) is 10.2 Å². The monoisotopic (exact) mass is 495 g/mol. The molecular weight excluding hydrogens is 465 g/mol. The Bertz CT molecular complexity index is 748. The SMILES string of the molecule is CCNC(=NCc1ccc(C)c(OC)c1)N1CCS(=O)(=O)C(C)(C)C1.I. The van der Waals surface area contributed by atoms with E-state index in [1.54, 1.807) is 21.0 Å². The average molecular weight is 495 g/mol. The molecule has 0 aliphatic carbocycles. The van der Waals surface area contributed by atoms with Gasteiger partial charge in [-0.1, -0.05) is 12.1 Å². The first kappa shape index (κ1) is 23.0. The van der Waals surface area contributed by atoms with E-state index in [9.17, 15) is 8.42 Å². The molecule has 6 nitrogen and oxygen atoms in total. The molecule has 0 spiro atoms. The van der Waals surface area contributed by atoms with Crippen molar-refractivity contribution in [2.24, 2.45) is 4.99 Å². The summed E-state index contributed by atoms with van der Waals surface area (Å²) in [7, 11) is -1.40. The minimum absolute atomic E-state index is 0. The Morgan fingerprint density at radius 2 is 2.08 bits per heavy atom. The summed E-state index contributed by atoms with van der Waals surface area (Å²) in [5, 5.41) is 3.28. The number of benzene rings is 1. The van der Waals surface area contributed by atoms with Crippen molar-refractivity contribution in [3.63, 3.8) is 0 Å². The van der Waals surface area contributed by atoms with Gasteiger partial charge in [-0.3, -0.25) is 0 Å². The van der Waals surface area contributed by atoms with Gasteiger partial charge in [0.1, 0.15) is 5.75 Å². The molecule has 0 radical (unpaired) electrons. The molecule has 0 unspecified atom stereocenters. The molecule has 0 aromatic heterocycles. The number of aryl methyl sites for hydroxylation is 1. The minimum atomic E-state index is -3.06. The highest BCUT2D eigenvalue weighted by atomic mass is 127. The summed E-state index contributed by atoms with van der Waals surface area (Å²) >= 11 is 0. The quantitative estimate of drug-likeness (QED) is 0.395. The first-order valence-corrected chi connectivity index (χ1v) is 10.2. The Morgan fingerprint density at radius 3 is 2.65 bits per heavy atom. The van der Waals surface area contributed by atoms with E-state index in [4.69, 9.17) is 9.73 Å². The van der Waals surface area contributed by atoms with Crippen LogP contribution >= 0.6 is 24.0 Å². The van der Waals surface area contributed by atoms with Crippen LogP contribution in [0, 0.1) is 6.92 Å². The molecule has 1 N–H and O–H groups in total. The van der Waals surface area contributed by atoms with E-state index in [0.717, 1.165) is 29.4 Å². The average Bonchev–Trinajstić information content (AvgIpc) is 2.55. The van der Waals surface area contributed by atoms with Gasteiger partial charge in [0.15, 0.2) is 15.8 Å². The highest BCUT2D eigenvalue weighted by Crippen LogP contribution is 2.24. The van der Waals surface area contributed by atoms with Crippen molar-refractivity contribution in [2.45, 2.75) is 39.0 Å². The number of aliphatic imine (C=N–C) groups is 1. The largest absolute Gasteiger partial charge is 0.496 e. The maximum absolute atomic E-state index is 12.2. The first-order chi connectivity index (χ1) is 11.7. The second-order valence-corrected chi connectivity index (χ2v) is 9.72. The Labute approximate surface area is 174 Å². The molecule has 148 valence electrons. The van der Waals surface area contributed by atoms with Gasteiger partial charge in [0.25, 0.3) is 0 Å². The van der Waals surface area contributed by atoms with Crippen molar-refractivity contribution in [3.8, 4) is 5.75 Å². The lowest BCUT2D eigenvalue weighted by molar-refractivity contribution is 0.353. The smallest absolute Gasteiger partial charge is 0.194 e. The number of methoxy groups -OCH3 is 1. The van der Waals surface area contributed by atoms with E-state index >= 15 is 0 Å². The van der Waals surface area contributed by atoms with Crippen molar-refractivity contribution < 1.29 is 13.2 Å². The molecule has 1 fully saturated rings. The lowest BCUT2D eigenvalue weighted by Gasteiger charge is -2.39. The van der Waals surface area contributed by atoms with Crippen LogP contribution in [0.4, 0.5) is 0 Å². The number of sulfone groups is 1. The molecule has 1 aromatic rings. The van der Waals surface area contributed by atoms with Gasteiger partial charge in [0.05, 0.1) is 24.2 Å². The summed E-state index contributed by atoms with van der Waals surface area (Å²) < 4.78 is 29.0. The van der Waals surface area contributed by atoms with Crippen LogP contribution in [-0.2, 0) is 16.4 Å². The van der Waals surface area contributed by atoms with Crippen LogP contribution in [0.15, 0.2) is 23.2 Å². The Hall–Kier alpha value is -1.03. The van der Waals surface area contributed by atoms with Crippen molar-refractivity contribution in [2.75, 3.05) is 32.5 Å². The summed E-state index contributed by atoms with van der Waals surface area (Å²) in [4.78, 5) is 6.74. The molecule has 0 amide bonds. The van der Waals surface area contributed by atoms with Gasteiger partial charge in [-0.2, -0.15) is 0 Å². The van der Waals surface area contributed by atoms with E-state index in [-0.39, 0.29) is 29.7 Å². The number of hydrogen-bond acceptors (Lipinski definition) is 4. The fraction of sp³-hybridized carbons (Fsp3) is 0.611. The molecule has 8 heteroatoms. The fourth-order valence-electron chi connectivity index (χ4n) is 2.88. The normalized spacial score (nSPS) is 18.8. The summed E-state index contributed by atoms with van der Waals surface area (Å²) in [6, 6.07) is 6.05. The molecule has 0 atom stereocenters. The van der Waals surface area contributed by atoms with Gasteiger partial charge in [-0.05, 0) is 44.9 Å². The van der Waals surface area contributed by atoms with E-state index in [0.29, 0.717) is 19.6 Å². The number of ether oxygens (including phenoxy) is 1. The van der Waals surface area contributed by atoms with Gasteiger partial charge in [0, 0.05) is 19.6 Å². The molecule has 2 rings (SSSR count). The van der Waals surface area contributed by atoms with Gasteiger partial charge in [-0.15, -0.1) is 24.0 Å². The highest BCUT2D eigenvalue weighted by Gasteiger charge is 2.40. The second-order valence-electron chi connectivity index (χ2n) is 6.97. The topological polar surface area (TPSA) is 71.0 Å². The number of rotatable bonds is 4. The zero-order valence-electron chi connectivity index (χ0n) is 16.2. The molecule has 1 aliphatic heterocycles. The van der Waals surface area contributed by atoms with Gasteiger partial charge < -0.3 is 15.0 Å². The van der Waals surface area contributed by atoms with E-state index in [2.05, 4.69) is 5.32 Å². The minimum Gasteiger partial charge on any atom is -0.496 e. The Kier molecular flexibility index (Phi) is 8.19. The summed E-state index contributed by atoms with van der Waals surface area (Å²) in [5.74, 6) is 1.76. The third kappa shape index (κ3) is 5.25. The second kappa shape index (κ2) is 9.25. The number of nitrogens with one attached hydrogen (secondary N) is 1. The zero-order valence-corrected chi connectivity index (χ0v) is 19.4. The maximum atomic E-state index is 12.2. The number of halogens is 1. The van der Waals surface area contributed by atoms with Crippen molar-refractivity contribution in [1.29, 1.82) is 0 Å². The Morgan fingerprint density at radius 1 is 1.38 bits per heavy atom. The summed E-state index contributed by atoms with van der Waals surface area (Å²) in [5.41, 5.74) is 2.15. The van der Waals surface area contributed by atoms with Crippen LogP contribution in [0.25, 0.3) is 0 Å². The van der Waals surface area contributed by atoms with Crippen LogP contribution in [0.5, 0.6) is 5.75 Å². The first-order valence-electron chi connectivity index (χ1n) is 8.59. The van der Waals surface area contributed by atoms with Crippen LogP contribution in [0.2, 0.25) is 0 Å². The number of hydrogen-bond donors (Lipinski definition) is 1. The number of nitrogens with zero attached hydrogens (tertiary/aromatic N) is 2. The molecule has 1 aliphatic rings. The van der Waals surface area contributed by atoms with Gasteiger partial charge in [-0.25, -0.2) is 13.4 Å². The molecule has 0 bridgehead atoms. The molecule has 26 heavy (non-hydrogen) atoms. The maximum Gasteiger partial charge on any atom is 0.194 e. The standard InChI is InChI=1S/C18H29N3O3S.HI/c1-6-19-17(21-9-10-25(22,23)18(3,4)13-21)20-12-15-8-7-14(2)16(11-15)24-5;/h7-8,11H,6,9-10,12-13H2,1-5H3,(H,19,20);1H. The Balaban J connectivity index is 0.00000338. The van der Waals surface area contributed by atoms with Crippen LogP contribution in [-0.4, -0.2) is 56.5 Å². The lowest BCUT2D eigenvalue weighted by atomic mass is 10.1. The zero-order chi connectivity index (χ0) is 18.7. The third-order valence-corrected chi connectivity index (χ3v) is 7.09. The van der Waals surface area contributed by atoms with Gasteiger partial charge >= 0.3 is 0 Å².